The fourth-order valence-electron chi connectivity index (χ4n) is 3.15. The molecular weight excluding hydrogens is 433 g/mol. The van der Waals surface area contributed by atoms with Crippen molar-refractivity contribution < 1.29 is 44.3 Å². The van der Waals surface area contributed by atoms with Gasteiger partial charge in [-0.25, -0.2) is 4.98 Å². The smallest absolute Gasteiger partial charge is 0.307 e. The molecule has 1 fully saturated rings. The number of anilines is 1. The SMILES string of the molecule is O=C(CC(C(F)(F)F)C(F)(F)F)Nc1nc2ccc(C(F)(F)F)cc2n1C1CCC1. The lowest BCUT2D eigenvalue weighted by molar-refractivity contribution is -0.283. The van der Waals surface area contributed by atoms with Crippen molar-refractivity contribution in [3.63, 3.8) is 0 Å². The fraction of sp³-hybridized carbons (Fsp3) is 0.529. The molecule has 1 amide bonds. The molecule has 0 bridgehead atoms. The zero-order valence-corrected chi connectivity index (χ0v) is 14.9. The van der Waals surface area contributed by atoms with Gasteiger partial charge in [-0.15, -0.1) is 0 Å². The third-order valence-electron chi connectivity index (χ3n) is 4.89. The summed E-state index contributed by atoms with van der Waals surface area (Å²) < 4.78 is 116. The van der Waals surface area contributed by atoms with E-state index in [4.69, 9.17) is 0 Å². The van der Waals surface area contributed by atoms with Crippen LogP contribution in [-0.2, 0) is 11.0 Å². The maximum Gasteiger partial charge on any atom is 0.416 e. The van der Waals surface area contributed by atoms with Crippen molar-refractivity contribution in [2.75, 3.05) is 5.32 Å². The Hall–Kier alpha value is -2.47. The second-order valence-corrected chi connectivity index (χ2v) is 6.98. The average Bonchev–Trinajstić information content (AvgIpc) is 2.85. The first-order valence-corrected chi connectivity index (χ1v) is 8.70. The summed E-state index contributed by atoms with van der Waals surface area (Å²) in [6.07, 6.45) is -16.2. The van der Waals surface area contributed by atoms with Crippen LogP contribution in [0.3, 0.4) is 0 Å². The predicted molar refractivity (Wildman–Crippen MR) is 86.5 cm³/mol. The lowest BCUT2D eigenvalue weighted by atomic mass is 9.92. The number of rotatable bonds is 4. The summed E-state index contributed by atoms with van der Waals surface area (Å²) in [5, 5.41) is 1.91. The van der Waals surface area contributed by atoms with Crippen LogP contribution in [0.2, 0.25) is 0 Å². The minimum absolute atomic E-state index is 0.0204. The number of fused-ring (bicyclic) bond motifs is 1. The number of carbonyl (C=O) groups excluding carboxylic acids is 1. The number of alkyl halides is 9. The Morgan fingerprint density at radius 1 is 1.07 bits per heavy atom. The molecule has 0 atom stereocenters. The topological polar surface area (TPSA) is 46.9 Å². The minimum atomic E-state index is -5.69. The van der Waals surface area contributed by atoms with E-state index in [2.05, 4.69) is 4.98 Å². The van der Waals surface area contributed by atoms with Gasteiger partial charge < -0.3 is 4.57 Å². The summed E-state index contributed by atoms with van der Waals surface area (Å²) in [5.41, 5.74) is -0.996. The van der Waals surface area contributed by atoms with Crippen LogP contribution in [0, 0.1) is 5.92 Å². The van der Waals surface area contributed by atoms with Crippen LogP contribution < -0.4 is 5.32 Å². The number of carbonyl (C=O) groups is 1. The summed E-state index contributed by atoms with van der Waals surface area (Å²) in [4.78, 5) is 15.9. The van der Waals surface area contributed by atoms with Gasteiger partial charge in [-0.3, -0.25) is 10.1 Å². The first-order valence-electron chi connectivity index (χ1n) is 8.70. The van der Waals surface area contributed by atoms with Crippen LogP contribution in [0.4, 0.5) is 45.5 Å². The first-order chi connectivity index (χ1) is 13.7. The molecule has 0 spiro atoms. The second-order valence-electron chi connectivity index (χ2n) is 6.98. The van der Waals surface area contributed by atoms with Crippen molar-refractivity contribution in [1.82, 2.24) is 9.55 Å². The van der Waals surface area contributed by atoms with E-state index < -0.39 is 42.3 Å². The van der Waals surface area contributed by atoms with Gasteiger partial charge in [0.15, 0.2) is 5.92 Å². The minimum Gasteiger partial charge on any atom is -0.307 e. The normalized spacial score (nSPS) is 16.2. The molecule has 0 radical (unpaired) electrons. The molecule has 3 rings (SSSR count). The van der Waals surface area contributed by atoms with E-state index in [1.165, 1.54) is 4.57 Å². The summed E-state index contributed by atoms with van der Waals surface area (Å²) in [6, 6.07) is 2.17. The monoisotopic (exact) mass is 447 g/mol. The van der Waals surface area contributed by atoms with Crippen LogP contribution in [0.1, 0.15) is 37.3 Å². The van der Waals surface area contributed by atoms with Crippen LogP contribution in [-0.4, -0.2) is 27.8 Å². The molecule has 1 aromatic carbocycles. The highest BCUT2D eigenvalue weighted by atomic mass is 19.4. The summed E-state index contributed by atoms with van der Waals surface area (Å²) in [6.45, 7) is 0. The number of benzene rings is 1. The van der Waals surface area contributed by atoms with Crippen molar-refractivity contribution in [3.8, 4) is 0 Å². The number of aromatic nitrogens is 2. The van der Waals surface area contributed by atoms with E-state index >= 15 is 0 Å². The standard InChI is InChI=1S/C17H14F9N3O/c18-15(19,20)8-4-5-10-11(6-8)29(9-2-1-3-9)14(27-10)28-13(30)7-12(16(21,22)23)17(24,25)26/h4-6,9,12H,1-3,7H2,(H,27,28,30). The Morgan fingerprint density at radius 2 is 1.67 bits per heavy atom. The van der Waals surface area contributed by atoms with Gasteiger partial charge in [0.1, 0.15) is 0 Å². The van der Waals surface area contributed by atoms with E-state index in [1.807, 2.05) is 5.32 Å². The van der Waals surface area contributed by atoms with Crippen LogP contribution in [0.25, 0.3) is 11.0 Å². The maximum absolute atomic E-state index is 13.0. The summed E-state index contributed by atoms with van der Waals surface area (Å²) in [5.74, 6) is -5.85. The molecule has 1 N–H and O–H groups in total. The Morgan fingerprint density at radius 3 is 2.13 bits per heavy atom. The van der Waals surface area contributed by atoms with E-state index in [0.29, 0.717) is 12.8 Å². The average molecular weight is 447 g/mol. The molecule has 1 aliphatic carbocycles. The number of hydrogen-bond donors (Lipinski definition) is 1. The molecular formula is C17H14F9N3O. The van der Waals surface area contributed by atoms with Crippen LogP contribution >= 0.6 is 0 Å². The largest absolute Gasteiger partial charge is 0.416 e. The van der Waals surface area contributed by atoms with Gasteiger partial charge >= 0.3 is 18.5 Å². The van der Waals surface area contributed by atoms with Crippen LogP contribution in [0.5, 0.6) is 0 Å². The van der Waals surface area contributed by atoms with Crippen LogP contribution in [0.15, 0.2) is 18.2 Å². The Bertz CT molecular complexity index is 925. The molecule has 13 heteroatoms. The molecule has 166 valence electrons. The molecule has 1 aliphatic rings. The van der Waals surface area contributed by atoms with E-state index in [9.17, 15) is 44.3 Å². The maximum atomic E-state index is 13.0. The highest BCUT2D eigenvalue weighted by Gasteiger charge is 2.57. The molecule has 1 aromatic heterocycles. The van der Waals surface area contributed by atoms with Crippen molar-refractivity contribution in [2.45, 2.75) is 50.3 Å². The van der Waals surface area contributed by atoms with Gasteiger partial charge in [0.05, 0.1) is 16.6 Å². The highest BCUT2D eigenvalue weighted by Crippen LogP contribution is 2.42. The fourth-order valence-corrected chi connectivity index (χ4v) is 3.15. The third kappa shape index (κ3) is 4.48. The summed E-state index contributed by atoms with van der Waals surface area (Å²) >= 11 is 0. The Kier molecular flexibility index (Phi) is 5.44. The zero-order valence-electron chi connectivity index (χ0n) is 14.9. The lowest BCUT2D eigenvalue weighted by Crippen LogP contribution is -2.39. The Labute approximate surface area is 163 Å². The number of halogens is 9. The van der Waals surface area contributed by atoms with Gasteiger partial charge in [0.25, 0.3) is 0 Å². The number of imidazole rings is 1. The molecule has 0 unspecified atom stereocenters. The van der Waals surface area contributed by atoms with Gasteiger partial charge in [0.2, 0.25) is 11.9 Å². The zero-order chi connectivity index (χ0) is 22.5. The Balaban J connectivity index is 1.94. The van der Waals surface area contributed by atoms with Crippen molar-refractivity contribution in [2.24, 2.45) is 5.92 Å². The quantitative estimate of drug-likeness (QED) is 0.598. The molecule has 4 nitrogen and oxygen atoms in total. The molecule has 30 heavy (non-hydrogen) atoms. The van der Waals surface area contributed by atoms with Crippen molar-refractivity contribution in [3.05, 3.63) is 23.8 Å². The number of nitrogens with one attached hydrogen (secondary N) is 1. The molecule has 1 saturated carbocycles. The third-order valence-corrected chi connectivity index (χ3v) is 4.89. The van der Waals surface area contributed by atoms with Gasteiger partial charge in [-0.1, -0.05) is 0 Å². The number of amides is 1. The van der Waals surface area contributed by atoms with Gasteiger partial charge in [-0.2, -0.15) is 39.5 Å². The van der Waals surface area contributed by atoms with Crippen molar-refractivity contribution >= 4 is 22.9 Å². The van der Waals surface area contributed by atoms with E-state index in [-0.39, 0.29) is 23.0 Å². The predicted octanol–water partition coefficient (Wildman–Crippen LogP) is 5.85. The lowest BCUT2D eigenvalue weighted by Gasteiger charge is -2.29. The molecule has 1 heterocycles. The van der Waals surface area contributed by atoms with E-state index in [1.54, 1.807) is 0 Å². The first kappa shape index (κ1) is 22.2. The molecule has 2 aromatic rings. The highest BCUT2D eigenvalue weighted by molar-refractivity contribution is 5.92. The number of nitrogens with zero attached hydrogens (tertiary/aromatic N) is 2. The summed E-state index contributed by atoms with van der Waals surface area (Å²) in [7, 11) is 0. The molecule has 0 aliphatic heterocycles. The van der Waals surface area contributed by atoms with Gasteiger partial charge in [-0.05, 0) is 37.5 Å². The second kappa shape index (κ2) is 7.34. The number of hydrogen-bond acceptors (Lipinski definition) is 2. The molecule has 0 saturated heterocycles. The van der Waals surface area contributed by atoms with E-state index in [0.717, 1.165) is 24.6 Å². The van der Waals surface area contributed by atoms with Gasteiger partial charge in [0, 0.05) is 12.5 Å². The van der Waals surface area contributed by atoms with Crippen molar-refractivity contribution in [1.29, 1.82) is 0 Å².